The number of carbonyl (C=O) groups is 3. The molecule has 0 heterocycles. The minimum absolute atomic E-state index is 0.0914. The van der Waals surface area contributed by atoms with Crippen molar-refractivity contribution in [3.63, 3.8) is 0 Å². The van der Waals surface area contributed by atoms with E-state index in [9.17, 15) is 14.4 Å². The van der Waals surface area contributed by atoms with Gasteiger partial charge in [-0.15, -0.1) is 0 Å². The van der Waals surface area contributed by atoms with E-state index in [0.717, 1.165) is 12.8 Å². The number of hydrogen-bond donors (Lipinski definition) is 4. The van der Waals surface area contributed by atoms with Gasteiger partial charge in [-0.3, -0.25) is 9.59 Å². The largest absolute Gasteiger partial charge is 0.481 e. The summed E-state index contributed by atoms with van der Waals surface area (Å²) in [5.41, 5.74) is 0. The fourth-order valence-electron chi connectivity index (χ4n) is 1.41. The number of hydrogen-bond acceptors (Lipinski definition) is 3. The summed E-state index contributed by atoms with van der Waals surface area (Å²) in [6.45, 7) is 1.69. The predicted octanol–water partition coefficient (Wildman–Crippen LogP) is -0.182. The first-order chi connectivity index (χ1) is 8.51. The maximum Gasteiger partial charge on any atom is 0.315 e. The third kappa shape index (κ3) is 6.07. The van der Waals surface area contributed by atoms with Crippen molar-refractivity contribution in [2.75, 3.05) is 6.54 Å². The van der Waals surface area contributed by atoms with Gasteiger partial charge in [-0.2, -0.15) is 0 Å². The summed E-state index contributed by atoms with van der Waals surface area (Å²) < 4.78 is 0. The standard InChI is InChI=1S/C11H19N3O4/c1-2-7(5-10(16)17)14-11(18)12-6-9(15)13-8-3-4-8/h7-8H,2-6H2,1H3,(H,13,15)(H,16,17)(H2,12,14,18). The minimum atomic E-state index is -0.964. The lowest BCUT2D eigenvalue weighted by atomic mass is 10.1. The molecule has 18 heavy (non-hydrogen) atoms. The topological polar surface area (TPSA) is 108 Å². The van der Waals surface area contributed by atoms with Crippen LogP contribution in [-0.2, 0) is 9.59 Å². The van der Waals surface area contributed by atoms with E-state index in [1.165, 1.54) is 0 Å². The molecule has 0 aromatic rings. The Bertz CT molecular complexity index is 328. The molecule has 1 aliphatic carbocycles. The first-order valence-corrected chi connectivity index (χ1v) is 6.06. The van der Waals surface area contributed by atoms with Crippen molar-refractivity contribution in [1.82, 2.24) is 16.0 Å². The Morgan fingerprint density at radius 1 is 1.33 bits per heavy atom. The second-order valence-electron chi connectivity index (χ2n) is 4.37. The van der Waals surface area contributed by atoms with Crippen LogP contribution in [0.2, 0.25) is 0 Å². The van der Waals surface area contributed by atoms with Crippen molar-refractivity contribution in [3.05, 3.63) is 0 Å². The Kier molecular flexibility index (Phi) is 5.41. The molecule has 0 radical (unpaired) electrons. The molecule has 3 amide bonds. The van der Waals surface area contributed by atoms with Gasteiger partial charge >= 0.3 is 12.0 Å². The van der Waals surface area contributed by atoms with E-state index in [-0.39, 0.29) is 24.9 Å². The third-order valence-electron chi connectivity index (χ3n) is 2.60. The van der Waals surface area contributed by atoms with Crippen LogP contribution in [0, 0.1) is 0 Å². The Balaban J connectivity index is 2.18. The van der Waals surface area contributed by atoms with Gasteiger partial charge in [0.15, 0.2) is 0 Å². The number of urea groups is 1. The lowest BCUT2D eigenvalue weighted by Gasteiger charge is -2.15. The molecule has 0 aromatic carbocycles. The molecule has 7 heteroatoms. The zero-order valence-corrected chi connectivity index (χ0v) is 10.4. The molecule has 1 fully saturated rings. The molecule has 102 valence electrons. The van der Waals surface area contributed by atoms with Crippen LogP contribution in [0.4, 0.5) is 4.79 Å². The zero-order valence-electron chi connectivity index (χ0n) is 10.4. The van der Waals surface area contributed by atoms with E-state index in [0.29, 0.717) is 6.42 Å². The van der Waals surface area contributed by atoms with Gasteiger partial charge in [0, 0.05) is 12.1 Å². The zero-order chi connectivity index (χ0) is 13.5. The number of carboxylic acid groups (broad SMARTS) is 1. The van der Waals surface area contributed by atoms with Crippen LogP contribution in [0.1, 0.15) is 32.6 Å². The number of amides is 3. The summed E-state index contributed by atoms with van der Waals surface area (Å²) in [6, 6.07) is -0.680. The molecule has 1 saturated carbocycles. The van der Waals surface area contributed by atoms with Crippen molar-refractivity contribution in [3.8, 4) is 0 Å². The van der Waals surface area contributed by atoms with Crippen LogP contribution in [0.5, 0.6) is 0 Å². The molecule has 7 nitrogen and oxygen atoms in total. The van der Waals surface area contributed by atoms with Gasteiger partial charge in [0.25, 0.3) is 0 Å². The molecule has 4 N–H and O–H groups in total. The summed E-state index contributed by atoms with van der Waals surface area (Å²) in [5.74, 6) is -1.19. The summed E-state index contributed by atoms with van der Waals surface area (Å²) in [4.78, 5) is 33.2. The number of carboxylic acids is 1. The Morgan fingerprint density at radius 3 is 2.50 bits per heavy atom. The molecule has 0 aromatic heterocycles. The predicted molar refractivity (Wildman–Crippen MR) is 64.0 cm³/mol. The average molecular weight is 257 g/mol. The summed E-state index contributed by atoms with van der Waals surface area (Å²) in [5, 5.41) is 16.3. The lowest BCUT2D eigenvalue weighted by molar-refractivity contribution is -0.137. The van der Waals surface area contributed by atoms with E-state index in [1.807, 2.05) is 0 Å². The summed E-state index contributed by atoms with van der Waals surface area (Å²) in [6.07, 6.45) is 2.38. The average Bonchev–Trinajstić information content (AvgIpc) is 3.08. The highest BCUT2D eigenvalue weighted by molar-refractivity contribution is 5.84. The van der Waals surface area contributed by atoms with Crippen LogP contribution < -0.4 is 16.0 Å². The van der Waals surface area contributed by atoms with Crippen molar-refractivity contribution in [2.45, 2.75) is 44.7 Å². The van der Waals surface area contributed by atoms with Gasteiger partial charge in [0.1, 0.15) is 0 Å². The first-order valence-electron chi connectivity index (χ1n) is 6.06. The maximum absolute atomic E-state index is 11.4. The molecule has 1 unspecified atom stereocenters. The molecule has 1 aliphatic rings. The summed E-state index contributed by atoms with van der Waals surface area (Å²) >= 11 is 0. The minimum Gasteiger partial charge on any atom is -0.481 e. The van der Waals surface area contributed by atoms with E-state index in [1.54, 1.807) is 6.92 Å². The normalized spacial score (nSPS) is 15.6. The Hall–Kier alpha value is -1.79. The SMILES string of the molecule is CCC(CC(=O)O)NC(=O)NCC(=O)NC1CC1. The number of rotatable bonds is 7. The van der Waals surface area contributed by atoms with Crippen molar-refractivity contribution in [2.24, 2.45) is 0 Å². The quantitative estimate of drug-likeness (QED) is 0.507. The smallest absolute Gasteiger partial charge is 0.315 e. The van der Waals surface area contributed by atoms with E-state index < -0.39 is 18.0 Å². The van der Waals surface area contributed by atoms with E-state index in [2.05, 4.69) is 16.0 Å². The van der Waals surface area contributed by atoms with Crippen molar-refractivity contribution in [1.29, 1.82) is 0 Å². The second-order valence-corrected chi connectivity index (χ2v) is 4.37. The van der Waals surface area contributed by atoms with Gasteiger partial charge in [0.2, 0.25) is 5.91 Å². The van der Waals surface area contributed by atoms with Crippen LogP contribution in [0.25, 0.3) is 0 Å². The lowest BCUT2D eigenvalue weighted by Crippen LogP contribution is -2.46. The maximum atomic E-state index is 11.4. The highest BCUT2D eigenvalue weighted by Gasteiger charge is 2.23. The summed E-state index contributed by atoms with van der Waals surface area (Å²) in [7, 11) is 0. The molecular formula is C11H19N3O4. The monoisotopic (exact) mass is 257 g/mol. The molecule has 0 bridgehead atoms. The van der Waals surface area contributed by atoms with Gasteiger partial charge < -0.3 is 21.1 Å². The highest BCUT2D eigenvalue weighted by atomic mass is 16.4. The molecular weight excluding hydrogens is 238 g/mol. The molecule has 0 saturated heterocycles. The second kappa shape index (κ2) is 6.83. The number of nitrogens with one attached hydrogen (secondary N) is 3. The molecule has 0 aliphatic heterocycles. The van der Waals surface area contributed by atoms with E-state index in [4.69, 9.17) is 5.11 Å². The van der Waals surface area contributed by atoms with Gasteiger partial charge in [-0.25, -0.2) is 4.79 Å². The Labute approximate surface area is 105 Å². The molecule has 1 rings (SSSR count). The first kappa shape index (κ1) is 14.3. The third-order valence-corrected chi connectivity index (χ3v) is 2.60. The van der Waals surface area contributed by atoms with Gasteiger partial charge in [-0.05, 0) is 19.3 Å². The van der Waals surface area contributed by atoms with E-state index >= 15 is 0 Å². The highest BCUT2D eigenvalue weighted by Crippen LogP contribution is 2.18. The van der Waals surface area contributed by atoms with Crippen LogP contribution in [-0.4, -0.2) is 41.6 Å². The van der Waals surface area contributed by atoms with Crippen molar-refractivity contribution < 1.29 is 19.5 Å². The molecule has 1 atom stereocenters. The van der Waals surface area contributed by atoms with Gasteiger partial charge in [0.05, 0.1) is 13.0 Å². The van der Waals surface area contributed by atoms with Crippen LogP contribution in [0.15, 0.2) is 0 Å². The van der Waals surface area contributed by atoms with Crippen molar-refractivity contribution >= 4 is 17.9 Å². The fourth-order valence-corrected chi connectivity index (χ4v) is 1.41. The van der Waals surface area contributed by atoms with Gasteiger partial charge in [-0.1, -0.05) is 6.92 Å². The number of aliphatic carboxylic acids is 1. The Morgan fingerprint density at radius 2 is 2.00 bits per heavy atom. The van der Waals surface area contributed by atoms with Crippen LogP contribution in [0.3, 0.4) is 0 Å². The van der Waals surface area contributed by atoms with Crippen LogP contribution >= 0.6 is 0 Å². The fraction of sp³-hybridized carbons (Fsp3) is 0.727. The molecule has 0 spiro atoms. The number of carbonyl (C=O) groups excluding carboxylic acids is 2.